The topological polar surface area (TPSA) is 24.9 Å². The van der Waals surface area contributed by atoms with Crippen LogP contribution in [0, 0.1) is 0 Å². The third-order valence-electron chi connectivity index (χ3n) is 13.5. The first-order valence-electron chi connectivity index (χ1n) is 22.6. The van der Waals surface area contributed by atoms with E-state index in [-0.39, 0.29) is 0 Å². The minimum absolute atomic E-state index is 0.853. The van der Waals surface area contributed by atoms with E-state index in [9.17, 15) is 0 Å². The highest BCUT2D eigenvalue weighted by atomic mass is 14.8. The Labute approximate surface area is 384 Å². The predicted octanol–water partition coefficient (Wildman–Crippen LogP) is 17.1. The largest absolute Gasteiger partial charge is 0.387 e. The van der Waals surface area contributed by atoms with Gasteiger partial charge >= 0.3 is 0 Å². The Morgan fingerprint density at radius 3 is 1.17 bits per heavy atom. The molecule has 13 rings (SSSR count). The normalized spacial score (nSPS) is 12.5. The summed E-state index contributed by atoms with van der Waals surface area (Å²) >= 11 is 0. The Balaban J connectivity index is 0.00000110. The van der Waals surface area contributed by atoms with Crippen molar-refractivity contribution in [3.8, 4) is 55.6 Å². The fraction of sp³-hybridized carbons (Fsp3) is 0.0156. The van der Waals surface area contributed by atoms with Crippen molar-refractivity contribution in [2.45, 2.75) is 0 Å². The molecule has 0 aliphatic carbocycles. The first kappa shape index (κ1) is 39.0. The average molecular weight is 841 g/mol. The van der Waals surface area contributed by atoms with Gasteiger partial charge in [0.15, 0.2) is 0 Å². The van der Waals surface area contributed by atoms with Gasteiger partial charge in [-0.3, -0.25) is 4.98 Å². The minimum atomic E-state index is 0.853. The lowest BCUT2D eigenvalue weighted by Gasteiger charge is -2.18. The molecule has 12 aromatic rings. The van der Waals surface area contributed by atoms with Crippen molar-refractivity contribution in [1.82, 2.24) is 10.3 Å². The summed E-state index contributed by atoms with van der Waals surface area (Å²) in [5.74, 6) is 0. The fourth-order valence-corrected chi connectivity index (χ4v) is 10.4. The van der Waals surface area contributed by atoms with Crippen LogP contribution < -0.4 is 5.32 Å². The third kappa shape index (κ3) is 6.54. The van der Waals surface area contributed by atoms with Gasteiger partial charge in [0.05, 0.1) is 0 Å². The molecule has 0 bridgehead atoms. The van der Waals surface area contributed by atoms with Crippen molar-refractivity contribution in [2.75, 3.05) is 6.54 Å². The van der Waals surface area contributed by atoms with Crippen molar-refractivity contribution >= 4 is 70.2 Å². The van der Waals surface area contributed by atoms with E-state index in [1.807, 2.05) is 12.4 Å². The second-order valence-corrected chi connectivity index (χ2v) is 17.1. The fourth-order valence-electron chi connectivity index (χ4n) is 10.4. The maximum absolute atomic E-state index is 4.26. The molecular weight excluding hydrogens is 797 g/mol. The molecular formula is C64H44N2. The smallest absolute Gasteiger partial charge is 0.0334 e. The second kappa shape index (κ2) is 16.2. The van der Waals surface area contributed by atoms with E-state index in [4.69, 9.17) is 0 Å². The van der Waals surface area contributed by atoms with Crippen LogP contribution in [0.4, 0.5) is 0 Å². The molecule has 1 aromatic heterocycles. The molecule has 0 saturated heterocycles. The van der Waals surface area contributed by atoms with Gasteiger partial charge in [0.1, 0.15) is 0 Å². The molecule has 0 fully saturated rings. The molecule has 1 N–H and O–H groups in total. The summed E-state index contributed by atoms with van der Waals surface area (Å²) in [6, 6.07) is 67.9. The number of aromatic nitrogens is 1. The van der Waals surface area contributed by atoms with Crippen molar-refractivity contribution in [1.29, 1.82) is 0 Å². The van der Waals surface area contributed by atoms with Gasteiger partial charge in [0.25, 0.3) is 0 Å². The lowest BCUT2D eigenvalue weighted by Crippen LogP contribution is -2.08. The van der Waals surface area contributed by atoms with Gasteiger partial charge < -0.3 is 5.32 Å². The number of rotatable bonds is 7. The Hall–Kier alpha value is -8.59. The van der Waals surface area contributed by atoms with Crippen molar-refractivity contribution in [2.24, 2.45) is 0 Å². The Morgan fingerprint density at radius 2 is 0.758 bits per heavy atom. The maximum atomic E-state index is 4.26. The second-order valence-electron chi connectivity index (χ2n) is 17.1. The van der Waals surface area contributed by atoms with Crippen LogP contribution in [0.1, 0.15) is 5.56 Å². The zero-order chi connectivity index (χ0) is 44.1. The predicted molar refractivity (Wildman–Crippen MR) is 284 cm³/mol. The first-order valence-corrected chi connectivity index (χ1v) is 22.6. The highest BCUT2D eigenvalue weighted by Crippen LogP contribution is 2.44. The van der Waals surface area contributed by atoms with Crippen molar-refractivity contribution < 1.29 is 0 Å². The average Bonchev–Trinajstić information content (AvgIpc) is 3.40. The number of nitrogens with zero attached hydrogens (tertiary/aromatic N) is 1. The number of dihydropyridines is 1. The van der Waals surface area contributed by atoms with E-state index in [1.54, 1.807) is 12.2 Å². The van der Waals surface area contributed by atoms with Crippen molar-refractivity contribution in [3.63, 3.8) is 0 Å². The van der Waals surface area contributed by atoms with Gasteiger partial charge in [0, 0.05) is 18.9 Å². The molecule has 0 radical (unpaired) electrons. The summed E-state index contributed by atoms with van der Waals surface area (Å²) < 4.78 is 0. The van der Waals surface area contributed by atoms with Gasteiger partial charge in [-0.25, -0.2) is 0 Å². The lowest BCUT2D eigenvalue weighted by atomic mass is 9.86. The molecule has 1 aliphatic heterocycles. The monoisotopic (exact) mass is 840 g/mol. The molecule has 0 spiro atoms. The Bertz CT molecular complexity index is 3870. The van der Waals surface area contributed by atoms with E-state index in [0.717, 1.165) is 6.54 Å². The number of nitrogens with one attached hydrogen (secondary N) is 1. The summed E-state index contributed by atoms with van der Waals surface area (Å²) in [6.45, 7) is 7.58. The summed E-state index contributed by atoms with van der Waals surface area (Å²) in [6.07, 6.45) is 13.5. The van der Waals surface area contributed by atoms with Gasteiger partial charge in [-0.1, -0.05) is 195 Å². The van der Waals surface area contributed by atoms with E-state index in [0.29, 0.717) is 0 Å². The number of hydrogen-bond donors (Lipinski definition) is 1. The summed E-state index contributed by atoms with van der Waals surface area (Å²) in [5, 5.41) is 18.9. The van der Waals surface area contributed by atoms with Crippen LogP contribution in [-0.4, -0.2) is 11.5 Å². The van der Waals surface area contributed by atoms with Crippen LogP contribution in [0.15, 0.2) is 238 Å². The molecule has 0 unspecified atom stereocenters. The third-order valence-corrected chi connectivity index (χ3v) is 13.5. The van der Waals surface area contributed by atoms with Crippen LogP contribution in [0.5, 0.6) is 0 Å². The van der Waals surface area contributed by atoms with E-state index >= 15 is 0 Å². The van der Waals surface area contributed by atoms with Crippen LogP contribution >= 0.6 is 0 Å². The Kier molecular flexibility index (Phi) is 9.58. The van der Waals surface area contributed by atoms with Crippen LogP contribution in [0.2, 0.25) is 0 Å². The Morgan fingerprint density at radius 1 is 0.379 bits per heavy atom. The highest BCUT2D eigenvalue weighted by molar-refractivity contribution is 6.28. The number of pyridine rings is 1. The number of benzene rings is 11. The summed E-state index contributed by atoms with van der Waals surface area (Å²) in [5.41, 5.74) is 14.8. The molecule has 2 nitrogen and oxygen atoms in total. The zero-order valence-corrected chi connectivity index (χ0v) is 36.4. The van der Waals surface area contributed by atoms with Crippen LogP contribution in [-0.2, 0) is 0 Å². The van der Waals surface area contributed by atoms with E-state index in [1.165, 1.54) is 131 Å². The molecule has 1 aliphatic rings. The number of allylic oxidation sites excluding steroid dienone is 4. The SMILES string of the molecule is C1=CC(c2ccc3ccc4c(-c5ccc(-c6cccc(-c7ccc(-c8ccc9ccc%10c(-c%11ccncc%11)ccc%11ccc8c9c%11%10)cc7)c6)cc5)ccc5ccc2c3c54)=CCN1.C=CC=C. The molecule has 11 aromatic carbocycles. The molecule has 0 saturated carbocycles. The molecule has 2 heterocycles. The standard InChI is InChI=1S/C60H38N2.C4H6/c1-2-47(37-4-8-39(9-5-37)49-20-12-43-18-26-55-51(41-28-32-61-33-29-41)22-14-45-16-24-53(49)57(43)59(45)55)36-48(3-1)38-6-10-40(11-7-38)50-21-13-44-19-27-56-52(42-30-34-62-35-31-42)23-15-46-17-25-54(50)58(44)60(46)56;1-3-4-2/h1-34,36,62H,35H2;3-4H,1-2H2. The van der Waals surface area contributed by atoms with Gasteiger partial charge in [-0.05, 0) is 162 Å². The molecule has 0 atom stereocenters. The molecule has 310 valence electrons. The van der Waals surface area contributed by atoms with Crippen LogP contribution in [0.3, 0.4) is 0 Å². The maximum Gasteiger partial charge on any atom is 0.0334 e. The van der Waals surface area contributed by atoms with E-state index in [2.05, 4.69) is 224 Å². The zero-order valence-electron chi connectivity index (χ0n) is 36.4. The highest BCUT2D eigenvalue weighted by Gasteiger charge is 2.17. The summed E-state index contributed by atoms with van der Waals surface area (Å²) in [7, 11) is 0. The van der Waals surface area contributed by atoms with Crippen LogP contribution in [0.25, 0.3) is 126 Å². The molecule has 2 heteroatoms. The van der Waals surface area contributed by atoms with Gasteiger partial charge in [0.2, 0.25) is 0 Å². The number of hydrogen-bond acceptors (Lipinski definition) is 2. The van der Waals surface area contributed by atoms with Gasteiger partial charge in [-0.15, -0.1) is 0 Å². The van der Waals surface area contributed by atoms with E-state index < -0.39 is 0 Å². The van der Waals surface area contributed by atoms with Crippen molar-refractivity contribution in [3.05, 3.63) is 244 Å². The molecule has 0 amide bonds. The van der Waals surface area contributed by atoms with Gasteiger partial charge in [-0.2, -0.15) is 0 Å². The quantitative estimate of drug-likeness (QED) is 0.128. The molecule has 66 heavy (non-hydrogen) atoms. The minimum Gasteiger partial charge on any atom is -0.387 e. The summed E-state index contributed by atoms with van der Waals surface area (Å²) in [4.78, 5) is 4.26. The lowest BCUT2D eigenvalue weighted by molar-refractivity contribution is 0.976. The first-order chi connectivity index (χ1) is 32.6.